The Hall–Kier alpha value is -1.06. The van der Waals surface area contributed by atoms with Crippen LogP contribution in [0.15, 0.2) is 22.7 Å². The Morgan fingerprint density at radius 3 is 2.32 bits per heavy atom. The van der Waals surface area contributed by atoms with Gasteiger partial charge in [-0.05, 0) is 38.5 Å². The van der Waals surface area contributed by atoms with E-state index in [0.29, 0.717) is 17.6 Å². The van der Waals surface area contributed by atoms with Crippen molar-refractivity contribution >= 4 is 15.9 Å². The first-order chi connectivity index (χ1) is 10.0. The zero-order valence-corrected chi connectivity index (χ0v) is 14.3. The van der Waals surface area contributed by atoms with E-state index in [1.807, 2.05) is 0 Å². The third-order valence-corrected chi connectivity index (χ3v) is 4.85. The van der Waals surface area contributed by atoms with Gasteiger partial charge in [0.2, 0.25) is 0 Å². The Labute approximate surface area is 137 Å². The summed E-state index contributed by atoms with van der Waals surface area (Å²) >= 11 is 3.25. The van der Waals surface area contributed by atoms with Crippen LogP contribution in [0.5, 0.6) is 0 Å². The first-order valence-electron chi connectivity index (χ1n) is 7.05. The third-order valence-electron chi connectivity index (χ3n) is 4.16. The molecule has 0 saturated carbocycles. The van der Waals surface area contributed by atoms with E-state index in [-0.39, 0.29) is 17.4 Å². The lowest BCUT2D eigenvalue weighted by Gasteiger charge is -2.31. The summed E-state index contributed by atoms with van der Waals surface area (Å²) in [7, 11) is 0. The van der Waals surface area contributed by atoms with Crippen LogP contribution in [0.4, 0.5) is 13.2 Å². The van der Waals surface area contributed by atoms with Crippen molar-refractivity contribution in [3.05, 3.63) is 33.8 Å². The number of hydrogen-bond acceptors (Lipinski definition) is 2. The van der Waals surface area contributed by atoms with Gasteiger partial charge in [-0.2, -0.15) is 18.4 Å². The van der Waals surface area contributed by atoms with Crippen molar-refractivity contribution in [3.63, 3.8) is 0 Å². The molecule has 2 rings (SSSR count). The molecular formula is C16H18BrF3N2. The summed E-state index contributed by atoms with van der Waals surface area (Å²) < 4.78 is 38.7. The highest BCUT2D eigenvalue weighted by Crippen LogP contribution is 2.40. The molecule has 1 aromatic carbocycles. The lowest BCUT2D eigenvalue weighted by Crippen LogP contribution is -2.39. The van der Waals surface area contributed by atoms with E-state index in [4.69, 9.17) is 0 Å². The van der Waals surface area contributed by atoms with Crippen LogP contribution in [-0.4, -0.2) is 23.5 Å². The van der Waals surface area contributed by atoms with E-state index in [1.165, 1.54) is 6.07 Å². The third kappa shape index (κ3) is 3.47. The van der Waals surface area contributed by atoms with Gasteiger partial charge in [0.15, 0.2) is 0 Å². The fourth-order valence-corrected chi connectivity index (χ4v) is 3.47. The van der Waals surface area contributed by atoms with Crippen LogP contribution in [0.25, 0.3) is 0 Å². The second kappa shape index (κ2) is 5.86. The zero-order valence-electron chi connectivity index (χ0n) is 12.7. The fraction of sp³-hybridized carbons (Fsp3) is 0.562. The van der Waals surface area contributed by atoms with E-state index in [1.54, 1.807) is 0 Å². The molecule has 1 heterocycles. The highest BCUT2D eigenvalue weighted by atomic mass is 79.9. The van der Waals surface area contributed by atoms with E-state index in [0.717, 1.165) is 17.7 Å². The molecule has 0 amide bonds. The average Bonchev–Trinajstić information content (AvgIpc) is 2.81. The standard InChI is InChI=1S/C16H18BrF3N2/c1-15(2,3)22-8-10(7-21)13(9-22)12-5-4-11(6-14(12)17)16(18,19)20/h4-6,10,13H,8-9H2,1-3H3/t10-,13-/m1/s1. The Kier molecular flexibility index (Phi) is 4.61. The van der Waals surface area contributed by atoms with Crippen molar-refractivity contribution in [2.24, 2.45) is 5.92 Å². The maximum atomic E-state index is 12.8. The quantitative estimate of drug-likeness (QED) is 0.705. The van der Waals surface area contributed by atoms with Crippen LogP contribution in [0, 0.1) is 17.2 Å². The van der Waals surface area contributed by atoms with Gasteiger partial charge in [0, 0.05) is 29.0 Å². The van der Waals surface area contributed by atoms with Gasteiger partial charge < -0.3 is 0 Å². The largest absolute Gasteiger partial charge is 0.416 e. The molecule has 22 heavy (non-hydrogen) atoms. The molecule has 0 aliphatic carbocycles. The summed E-state index contributed by atoms with van der Waals surface area (Å²) in [4.78, 5) is 2.20. The molecule has 120 valence electrons. The predicted octanol–water partition coefficient (Wildman–Crippen LogP) is 4.81. The number of alkyl halides is 3. The summed E-state index contributed by atoms with van der Waals surface area (Å²) in [6.45, 7) is 7.53. The van der Waals surface area contributed by atoms with E-state index >= 15 is 0 Å². The molecule has 1 aliphatic rings. The molecule has 2 nitrogen and oxygen atoms in total. The molecule has 1 fully saturated rings. The molecule has 0 bridgehead atoms. The molecule has 2 atom stereocenters. The SMILES string of the molecule is CC(C)(C)N1C[C@@H](C#N)[C@H](c2ccc(C(F)(F)F)cc2Br)C1. The number of hydrogen-bond donors (Lipinski definition) is 0. The molecule has 6 heteroatoms. The molecule has 0 spiro atoms. The topological polar surface area (TPSA) is 27.0 Å². The first-order valence-corrected chi connectivity index (χ1v) is 7.84. The Bertz CT molecular complexity index is 599. The Morgan fingerprint density at radius 2 is 1.86 bits per heavy atom. The van der Waals surface area contributed by atoms with Crippen LogP contribution in [-0.2, 0) is 6.18 Å². The minimum absolute atomic E-state index is 0.0672. The fourth-order valence-electron chi connectivity index (χ4n) is 2.80. The summed E-state index contributed by atoms with van der Waals surface area (Å²) in [5.41, 5.74) is 0.0241. The number of nitrogens with zero attached hydrogens (tertiary/aromatic N) is 2. The van der Waals surface area contributed by atoms with Gasteiger partial charge in [0.05, 0.1) is 17.6 Å². The summed E-state index contributed by atoms with van der Waals surface area (Å²) in [5, 5.41) is 9.38. The van der Waals surface area contributed by atoms with Gasteiger partial charge in [-0.15, -0.1) is 0 Å². The van der Waals surface area contributed by atoms with E-state index in [9.17, 15) is 18.4 Å². The van der Waals surface area contributed by atoms with Crippen molar-refractivity contribution in [1.29, 1.82) is 5.26 Å². The first kappa shape index (κ1) is 17.3. The van der Waals surface area contributed by atoms with Gasteiger partial charge >= 0.3 is 6.18 Å². The molecule has 1 aliphatic heterocycles. The molecular weight excluding hydrogens is 357 g/mol. The highest BCUT2D eigenvalue weighted by Gasteiger charge is 2.40. The number of halogens is 4. The lowest BCUT2D eigenvalue weighted by atomic mass is 9.89. The molecule has 0 radical (unpaired) electrons. The maximum Gasteiger partial charge on any atom is 0.416 e. The number of rotatable bonds is 1. The second-order valence-corrected chi connectivity index (χ2v) is 7.51. The van der Waals surface area contributed by atoms with Crippen molar-refractivity contribution in [2.45, 2.75) is 38.4 Å². The maximum absolute atomic E-state index is 12.8. The number of nitriles is 1. The molecule has 0 unspecified atom stereocenters. The molecule has 0 N–H and O–H groups in total. The van der Waals surface area contributed by atoms with Crippen LogP contribution in [0.3, 0.4) is 0 Å². The van der Waals surface area contributed by atoms with Crippen molar-refractivity contribution in [1.82, 2.24) is 4.90 Å². The number of benzene rings is 1. The zero-order chi connectivity index (χ0) is 16.7. The second-order valence-electron chi connectivity index (χ2n) is 6.65. The normalized spacial score (nSPS) is 23.5. The Balaban J connectivity index is 2.33. The van der Waals surface area contributed by atoms with Crippen molar-refractivity contribution in [2.75, 3.05) is 13.1 Å². The summed E-state index contributed by atoms with van der Waals surface area (Å²) in [6.07, 6.45) is -4.36. The monoisotopic (exact) mass is 374 g/mol. The smallest absolute Gasteiger partial charge is 0.297 e. The highest BCUT2D eigenvalue weighted by molar-refractivity contribution is 9.10. The predicted molar refractivity (Wildman–Crippen MR) is 82.3 cm³/mol. The van der Waals surface area contributed by atoms with Gasteiger partial charge in [-0.25, -0.2) is 0 Å². The lowest BCUT2D eigenvalue weighted by molar-refractivity contribution is -0.137. The minimum atomic E-state index is -4.36. The van der Waals surface area contributed by atoms with Gasteiger partial charge in [-0.3, -0.25) is 4.90 Å². The van der Waals surface area contributed by atoms with Gasteiger partial charge in [0.1, 0.15) is 0 Å². The van der Waals surface area contributed by atoms with Crippen LogP contribution in [0.1, 0.15) is 37.8 Å². The van der Waals surface area contributed by atoms with Crippen molar-refractivity contribution < 1.29 is 13.2 Å². The summed E-state index contributed by atoms with van der Waals surface area (Å²) in [6, 6.07) is 5.99. The van der Waals surface area contributed by atoms with Crippen molar-refractivity contribution in [3.8, 4) is 6.07 Å². The van der Waals surface area contributed by atoms with Gasteiger partial charge in [0.25, 0.3) is 0 Å². The number of likely N-dealkylation sites (tertiary alicyclic amines) is 1. The van der Waals surface area contributed by atoms with E-state index < -0.39 is 11.7 Å². The van der Waals surface area contributed by atoms with E-state index in [2.05, 4.69) is 47.7 Å². The van der Waals surface area contributed by atoms with Gasteiger partial charge in [-0.1, -0.05) is 22.0 Å². The molecule has 1 aromatic rings. The van der Waals surface area contributed by atoms with Crippen LogP contribution >= 0.6 is 15.9 Å². The Morgan fingerprint density at radius 1 is 1.23 bits per heavy atom. The minimum Gasteiger partial charge on any atom is -0.297 e. The molecule has 0 aromatic heterocycles. The van der Waals surface area contributed by atoms with Crippen LogP contribution < -0.4 is 0 Å². The molecule has 1 saturated heterocycles. The average molecular weight is 375 g/mol. The van der Waals surface area contributed by atoms with Crippen LogP contribution in [0.2, 0.25) is 0 Å². The summed E-state index contributed by atoms with van der Waals surface area (Å²) in [5.74, 6) is -0.298.